The zero-order valence-corrected chi connectivity index (χ0v) is 13.5. The summed E-state index contributed by atoms with van der Waals surface area (Å²) in [5.41, 5.74) is 0. The highest BCUT2D eigenvalue weighted by atomic mass is 16.5. The summed E-state index contributed by atoms with van der Waals surface area (Å²) in [4.78, 5) is 0. The van der Waals surface area contributed by atoms with Crippen LogP contribution in [0.15, 0.2) is 42.5 Å². The van der Waals surface area contributed by atoms with E-state index >= 15 is 0 Å². The zero-order chi connectivity index (χ0) is 15.2. The molecule has 1 saturated carbocycles. The molecule has 0 heterocycles. The molecule has 0 spiro atoms. The van der Waals surface area contributed by atoms with Crippen LogP contribution in [0.5, 0.6) is 5.75 Å². The smallest absolute Gasteiger partial charge is 0.120 e. The van der Waals surface area contributed by atoms with E-state index in [9.17, 15) is 0 Å². The lowest BCUT2D eigenvalue weighted by molar-refractivity contribution is 0.00596. The zero-order valence-electron chi connectivity index (χ0n) is 13.5. The summed E-state index contributed by atoms with van der Waals surface area (Å²) in [5, 5.41) is 2.47. The van der Waals surface area contributed by atoms with E-state index in [4.69, 9.17) is 9.47 Å². The normalized spacial score (nSPS) is 17.5. The molecule has 22 heavy (non-hydrogen) atoms. The van der Waals surface area contributed by atoms with E-state index in [0.29, 0.717) is 6.61 Å². The molecule has 0 aromatic heterocycles. The van der Waals surface area contributed by atoms with Crippen molar-refractivity contribution in [2.45, 2.75) is 45.1 Å². The molecular formula is C20H26O2. The quantitative estimate of drug-likeness (QED) is 0.729. The van der Waals surface area contributed by atoms with Gasteiger partial charge in [-0.25, -0.2) is 0 Å². The van der Waals surface area contributed by atoms with Gasteiger partial charge in [-0.2, -0.15) is 0 Å². The van der Waals surface area contributed by atoms with Gasteiger partial charge in [0, 0.05) is 6.61 Å². The minimum atomic E-state index is 0.147. The van der Waals surface area contributed by atoms with Gasteiger partial charge in [0.2, 0.25) is 0 Å². The molecule has 2 heteroatoms. The molecule has 2 aromatic carbocycles. The topological polar surface area (TPSA) is 18.5 Å². The number of hydrogen-bond donors (Lipinski definition) is 0. The maximum Gasteiger partial charge on any atom is 0.120 e. The fourth-order valence-corrected chi connectivity index (χ4v) is 3.17. The summed E-state index contributed by atoms with van der Waals surface area (Å²) in [7, 11) is 0. The molecule has 0 radical (unpaired) electrons. The van der Waals surface area contributed by atoms with Crippen LogP contribution in [0.1, 0.15) is 39.0 Å². The average molecular weight is 298 g/mol. The van der Waals surface area contributed by atoms with Gasteiger partial charge in [0.05, 0.1) is 6.10 Å². The van der Waals surface area contributed by atoms with Crippen molar-refractivity contribution in [1.29, 1.82) is 0 Å². The van der Waals surface area contributed by atoms with Gasteiger partial charge in [-0.05, 0) is 48.6 Å². The Labute approximate surface area is 133 Å². The van der Waals surface area contributed by atoms with Gasteiger partial charge in [-0.1, -0.05) is 49.6 Å². The summed E-state index contributed by atoms with van der Waals surface area (Å²) in [6, 6.07) is 14.6. The maximum atomic E-state index is 5.97. The molecule has 0 saturated heterocycles. The summed E-state index contributed by atoms with van der Waals surface area (Å²) >= 11 is 0. The Hall–Kier alpha value is -1.54. The van der Waals surface area contributed by atoms with Crippen LogP contribution in [0, 0.1) is 5.92 Å². The predicted octanol–water partition coefficient (Wildman–Crippen LogP) is 5.20. The van der Waals surface area contributed by atoms with Crippen molar-refractivity contribution in [2.75, 3.05) is 13.2 Å². The second kappa shape index (κ2) is 7.64. The summed E-state index contributed by atoms with van der Waals surface area (Å²) in [6.07, 6.45) is 6.95. The summed E-state index contributed by atoms with van der Waals surface area (Å²) in [6.45, 7) is 3.61. The molecule has 0 bridgehead atoms. The first-order chi connectivity index (χ1) is 10.8. The Morgan fingerprint density at radius 1 is 1.00 bits per heavy atom. The Morgan fingerprint density at radius 2 is 1.77 bits per heavy atom. The van der Waals surface area contributed by atoms with Gasteiger partial charge in [-0.3, -0.25) is 0 Å². The Morgan fingerprint density at radius 3 is 2.59 bits per heavy atom. The molecule has 2 nitrogen and oxygen atoms in total. The molecule has 118 valence electrons. The number of fused-ring (bicyclic) bond motifs is 1. The third-order valence-electron chi connectivity index (χ3n) is 4.55. The van der Waals surface area contributed by atoms with E-state index in [1.807, 2.05) is 6.07 Å². The van der Waals surface area contributed by atoms with Crippen LogP contribution in [0.2, 0.25) is 0 Å². The number of ether oxygens (including phenoxy) is 2. The summed E-state index contributed by atoms with van der Waals surface area (Å²) in [5.74, 6) is 1.68. The highest BCUT2D eigenvalue weighted by Crippen LogP contribution is 2.24. The minimum absolute atomic E-state index is 0.147. The van der Waals surface area contributed by atoms with Gasteiger partial charge >= 0.3 is 0 Å². The van der Waals surface area contributed by atoms with E-state index < -0.39 is 0 Å². The van der Waals surface area contributed by atoms with Crippen LogP contribution < -0.4 is 4.74 Å². The third-order valence-corrected chi connectivity index (χ3v) is 4.55. The van der Waals surface area contributed by atoms with Crippen LogP contribution >= 0.6 is 0 Å². The predicted molar refractivity (Wildman–Crippen MR) is 91.4 cm³/mol. The SMILES string of the molecule is CC(COc1ccc2ccccc2c1)OCC1CCCCC1. The fourth-order valence-electron chi connectivity index (χ4n) is 3.17. The number of hydrogen-bond acceptors (Lipinski definition) is 2. The Balaban J connectivity index is 1.46. The number of benzene rings is 2. The molecule has 1 aliphatic rings. The van der Waals surface area contributed by atoms with Crippen molar-refractivity contribution in [1.82, 2.24) is 0 Å². The van der Waals surface area contributed by atoms with E-state index in [1.165, 1.54) is 42.9 Å². The fraction of sp³-hybridized carbons (Fsp3) is 0.500. The second-order valence-corrected chi connectivity index (χ2v) is 6.47. The van der Waals surface area contributed by atoms with Crippen molar-refractivity contribution in [2.24, 2.45) is 5.92 Å². The van der Waals surface area contributed by atoms with Gasteiger partial charge in [-0.15, -0.1) is 0 Å². The lowest BCUT2D eigenvalue weighted by Crippen LogP contribution is -2.23. The van der Waals surface area contributed by atoms with Gasteiger partial charge in [0.1, 0.15) is 12.4 Å². The monoisotopic (exact) mass is 298 g/mol. The first-order valence-electron chi connectivity index (χ1n) is 8.54. The first kappa shape index (κ1) is 15.4. The molecule has 1 aliphatic carbocycles. The lowest BCUT2D eigenvalue weighted by Gasteiger charge is -2.23. The summed E-state index contributed by atoms with van der Waals surface area (Å²) < 4.78 is 11.9. The Bertz CT molecular complexity index is 587. The van der Waals surface area contributed by atoms with Gasteiger partial charge in [0.25, 0.3) is 0 Å². The van der Waals surface area contributed by atoms with Crippen molar-refractivity contribution in [3.63, 3.8) is 0 Å². The van der Waals surface area contributed by atoms with Crippen LogP contribution in [0.4, 0.5) is 0 Å². The second-order valence-electron chi connectivity index (χ2n) is 6.47. The lowest BCUT2D eigenvalue weighted by atomic mass is 9.90. The third kappa shape index (κ3) is 4.23. The molecule has 0 amide bonds. The molecule has 1 atom stereocenters. The Kier molecular flexibility index (Phi) is 5.33. The van der Waals surface area contributed by atoms with Crippen LogP contribution in [0.3, 0.4) is 0 Å². The molecule has 2 aromatic rings. The van der Waals surface area contributed by atoms with Crippen LogP contribution in [-0.4, -0.2) is 19.3 Å². The highest BCUT2D eigenvalue weighted by Gasteiger charge is 2.15. The molecule has 1 fully saturated rings. The van der Waals surface area contributed by atoms with E-state index in [-0.39, 0.29) is 6.10 Å². The molecular weight excluding hydrogens is 272 g/mol. The van der Waals surface area contributed by atoms with E-state index in [2.05, 4.69) is 43.3 Å². The molecule has 3 rings (SSSR count). The van der Waals surface area contributed by atoms with Crippen LogP contribution in [0.25, 0.3) is 10.8 Å². The van der Waals surface area contributed by atoms with Gasteiger partial charge in [0.15, 0.2) is 0 Å². The van der Waals surface area contributed by atoms with Crippen molar-refractivity contribution in [3.05, 3.63) is 42.5 Å². The molecule has 1 unspecified atom stereocenters. The highest BCUT2D eigenvalue weighted by molar-refractivity contribution is 5.83. The minimum Gasteiger partial charge on any atom is -0.491 e. The number of rotatable bonds is 6. The van der Waals surface area contributed by atoms with Crippen molar-refractivity contribution in [3.8, 4) is 5.75 Å². The maximum absolute atomic E-state index is 5.97. The van der Waals surface area contributed by atoms with Crippen molar-refractivity contribution >= 4 is 10.8 Å². The van der Waals surface area contributed by atoms with Gasteiger partial charge < -0.3 is 9.47 Å². The largest absolute Gasteiger partial charge is 0.491 e. The van der Waals surface area contributed by atoms with E-state index in [0.717, 1.165) is 18.3 Å². The first-order valence-corrected chi connectivity index (χ1v) is 8.54. The van der Waals surface area contributed by atoms with Crippen LogP contribution in [-0.2, 0) is 4.74 Å². The average Bonchev–Trinajstić information content (AvgIpc) is 2.59. The standard InChI is InChI=1S/C20H26O2/c1-16(21-15-17-7-3-2-4-8-17)14-22-20-12-11-18-9-5-6-10-19(18)13-20/h5-6,9-13,16-17H,2-4,7-8,14-15H2,1H3. The molecule has 0 aliphatic heterocycles. The van der Waals surface area contributed by atoms with E-state index in [1.54, 1.807) is 0 Å². The van der Waals surface area contributed by atoms with Crippen molar-refractivity contribution < 1.29 is 9.47 Å². The molecule has 0 N–H and O–H groups in total.